The van der Waals surface area contributed by atoms with Crippen LogP contribution >= 0.6 is 0 Å². The molecule has 0 amide bonds. The SMILES string of the molecule is CCCOc1ccccc1-c1[nH]c2cc(OC)c(OC)cc2c(=O)c1O. The number of para-hydroxylation sites is 1. The highest BCUT2D eigenvalue weighted by Gasteiger charge is 2.18. The minimum absolute atomic E-state index is 0.307. The van der Waals surface area contributed by atoms with E-state index in [1.165, 1.54) is 14.2 Å². The molecule has 0 aliphatic heterocycles. The van der Waals surface area contributed by atoms with Gasteiger partial charge in [0.2, 0.25) is 5.43 Å². The average Bonchev–Trinajstić information content (AvgIpc) is 2.68. The number of nitrogens with one attached hydrogen (secondary N) is 1. The third kappa shape index (κ3) is 3.06. The van der Waals surface area contributed by atoms with Crippen LogP contribution in [0.2, 0.25) is 0 Å². The van der Waals surface area contributed by atoms with E-state index in [2.05, 4.69) is 4.98 Å². The number of ether oxygens (including phenoxy) is 3. The predicted molar refractivity (Wildman–Crippen MR) is 101 cm³/mol. The van der Waals surface area contributed by atoms with Gasteiger partial charge in [-0.2, -0.15) is 0 Å². The van der Waals surface area contributed by atoms with Gasteiger partial charge in [-0.1, -0.05) is 19.1 Å². The van der Waals surface area contributed by atoms with Crippen molar-refractivity contribution in [3.63, 3.8) is 0 Å². The van der Waals surface area contributed by atoms with Crippen LogP contribution < -0.4 is 19.6 Å². The summed E-state index contributed by atoms with van der Waals surface area (Å²) < 4.78 is 16.3. The fraction of sp³-hybridized carbons (Fsp3) is 0.250. The maximum Gasteiger partial charge on any atom is 0.231 e. The molecule has 1 heterocycles. The lowest BCUT2D eigenvalue weighted by molar-refractivity contribution is 0.318. The highest BCUT2D eigenvalue weighted by atomic mass is 16.5. The van der Waals surface area contributed by atoms with Crippen LogP contribution in [0.5, 0.6) is 23.0 Å². The zero-order chi connectivity index (χ0) is 18.7. The molecule has 2 N–H and O–H groups in total. The molecular formula is C20H21NO5. The van der Waals surface area contributed by atoms with Crippen molar-refractivity contribution >= 4 is 10.9 Å². The van der Waals surface area contributed by atoms with E-state index in [1.54, 1.807) is 18.2 Å². The van der Waals surface area contributed by atoms with Crippen LogP contribution in [0.4, 0.5) is 0 Å². The van der Waals surface area contributed by atoms with Crippen molar-refractivity contribution in [1.29, 1.82) is 0 Å². The number of hydrogen-bond donors (Lipinski definition) is 2. The summed E-state index contributed by atoms with van der Waals surface area (Å²) in [5.41, 5.74) is 0.972. The Hall–Kier alpha value is -3.15. The van der Waals surface area contributed by atoms with Gasteiger partial charge in [0.25, 0.3) is 0 Å². The number of aromatic hydroxyl groups is 1. The number of pyridine rings is 1. The highest BCUT2D eigenvalue weighted by Crippen LogP contribution is 2.36. The van der Waals surface area contributed by atoms with E-state index in [0.29, 0.717) is 46.0 Å². The van der Waals surface area contributed by atoms with Crippen LogP contribution in [0, 0.1) is 0 Å². The first kappa shape index (κ1) is 17.7. The molecule has 2 aromatic carbocycles. The van der Waals surface area contributed by atoms with Gasteiger partial charge in [0.05, 0.1) is 37.4 Å². The van der Waals surface area contributed by atoms with Crippen LogP contribution in [-0.4, -0.2) is 30.9 Å². The molecule has 26 heavy (non-hydrogen) atoms. The Labute approximate surface area is 151 Å². The molecule has 0 atom stereocenters. The summed E-state index contributed by atoms with van der Waals surface area (Å²) in [5, 5.41) is 10.8. The van der Waals surface area contributed by atoms with Gasteiger partial charge < -0.3 is 24.3 Å². The highest BCUT2D eigenvalue weighted by molar-refractivity contribution is 5.88. The Kier molecular flexibility index (Phi) is 5.02. The summed E-state index contributed by atoms with van der Waals surface area (Å²) in [4.78, 5) is 15.8. The molecule has 0 spiro atoms. The number of hydrogen-bond acceptors (Lipinski definition) is 5. The summed E-state index contributed by atoms with van der Waals surface area (Å²) >= 11 is 0. The zero-order valence-corrected chi connectivity index (χ0v) is 15.0. The van der Waals surface area contributed by atoms with E-state index >= 15 is 0 Å². The van der Waals surface area contributed by atoms with Crippen molar-refractivity contribution in [3.8, 4) is 34.3 Å². The molecule has 6 nitrogen and oxygen atoms in total. The monoisotopic (exact) mass is 355 g/mol. The number of H-pyrrole nitrogens is 1. The molecule has 6 heteroatoms. The minimum atomic E-state index is -0.486. The van der Waals surface area contributed by atoms with Crippen molar-refractivity contribution in [2.45, 2.75) is 13.3 Å². The molecule has 0 unspecified atom stereocenters. The summed E-state index contributed by atoms with van der Waals surface area (Å²) in [6, 6.07) is 10.5. The molecule has 0 saturated heterocycles. The summed E-state index contributed by atoms with van der Waals surface area (Å²) in [5.74, 6) is 1.14. The van der Waals surface area contributed by atoms with Crippen molar-refractivity contribution in [1.82, 2.24) is 4.98 Å². The first-order valence-electron chi connectivity index (χ1n) is 8.33. The first-order chi connectivity index (χ1) is 12.6. The van der Waals surface area contributed by atoms with Crippen LogP contribution in [-0.2, 0) is 0 Å². The largest absolute Gasteiger partial charge is 0.503 e. The number of fused-ring (bicyclic) bond motifs is 1. The van der Waals surface area contributed by atoms with Crippen LogP contribution in [0.25, 0.3) is 22.2 Å². The second kappa shape index (κ2) is 7.39. The Bertz CT molecular complexity index is 993. The molecular weight excluding hydrogens is 334 g/mol. The third-order valence-corrected chi connectivity index (χ3v) is 4.10. The molecule has 0 aliphatic rings. The average molecular weight is 355 g/mol. The van der Waals surface area contributed by atoms with Crippen molar-refractivity contribution in [2.75, 3.05) is 20.8 Å². The van der Waals surface area contributed by atoms with E-state index in [0.717, 1.165) is 6.42 Å². The van der Waals surface area contributed by atoms with Gasteiger partial charge in [0, 0.05) is 11.6 Å². The molecule has 0 saturated carbocycles. The fourth-order valence-electron chi connectivity index (χ4n) is 2.81. The Morgan fingerprint density at radius 1 is 1.04 bits per heavy atom. The van der Waals surface area contributed by atoms with Crippen LogP contribution in [0.3, 0.4) is 0 Å². The fourth-order valence-corrected chi connectivity index (χ4v) is 2.81. The summed E-state index contributed by atoms with van der Waals surface area (Å²) in [7, 11) is 3.02. The number of methoxy groups -OCH3 is 2. The molecule has 1 aromatic heterocycles. The molecule has 3 rings (SSSR count). The third-order valence-electron chi connectivity index (χ3n) is 4.10. The lowest BCUT2D eigenvalue weighted by atomic mass is 10.1. The maximum atomic E-state index is 12.7. The Balaban J connectivity index is 2.25. The predicted octanol–water partition coefficient (Wildman–Crippen LogP) is 3.71. The second-order valence-corrected chi connectivity index (χ2v) is 5.78. The molecule has 0 bridgehead atoms. The van der Waals surface area contributed by atoms with Crippen molar-refractivity contribution < 1.29 is 19.3 Å². The second-order valence-electron chi connectivity index (χ2n) is 5.78. The van der Waals surface area contributed by atoms with Crippen molar-refractivity contribution in [3.05, 3.63) is 46.6 Å². The number of aromatic nitrogens is 1. The summed E-state index contributed by atoms with van der Waals surface area (Å²) in [6.45, 7) is 2.55. The number of benzene rings is 2. The maximum absolute atomic E-state index is 12.7. The van der Waals surface area contributed by atoms with Gasteiger partial charge in [-0.25, -0.2) is 0 Å². The molecule has 136 valence electrons. The van der Waals surface area contributed by atoms with Crippen LogP contribution in [0.15, 0.2) is 41.2 Å². The minimum Gasteiger partial charge on any atom is -0.503 e. The Morgan fingerprint density at radius 2 is 1.73 bits per heavy atom. The van der Waals surface area contributed by atoms with Crippen molar-refractivity contribution in [2.24, 2.45) is 0 Å². The molecule has 0 aliphatic carbocycles. The standard InChI is InChI=1S/C20H21NO5/c1-4-9-26-15-8-6-5-7-12(15)18-20(23)19(22)13-10-16(24-2)17(25-3)11-14(13)21-18/h5-8,10-11,23H,4,9H2,1-3H3,(H,21,22). The molecule has 0 fully saturated rings. The van der Waals surface area contributed by atoms with E-state index in [4.69, 9.17) is 14.2 Å². The quantitative estimate of drug-likeness (QED) is 0.704. The smallest absolute Gasteiger partial charge is 0.231 e. The van der Waals surface area contributed by atoms with Gasteiger partial charge in [0.1, 0.15) is 5.75 Å². The number of aromatic amines is 1. The Morgan fingerprint density at radius 3 is 2.42 bits per heavy atom. The van der Waals surface area contributed by atoms with E-state index in [9.17, 15) is 9.90 Å². The first-order valence-corrected chi connectivity index (χ1v) is 8.33. The summed E-state index contributed by atoms with van der Waals surface area (Å²) in [6.07, 6.45) is 0.853. The molecule has 0 radical (unpaired) electrons. The van der Waals surface area contributed by atoms with Gasteiger partial charge in [-0.05, 0) is 24.6 Å². The van der Waals surface area contributed by atoms with Gasteiger partial charge >= 0.3 is 0 Å². The van der Waals surface area contributed by atoms with Gasteiger partial charge in [-0.3, -0.25) is 4.79 Å². The molecule has 3 aromatic rings. The lowest BCUT2D eigenvalue weighted by Gasteiger charge is -2.14. The number of rotatable bonds is 6. The topological polar surface area (TPSA) is 80.8 Å². The van der Waals surface area contributed by atoms with Gasteiger partial charge in [-0.15, -0.1) is 0 Å². The van der Waals surface area contributed by atoms with E-state index < -0.39 is 5.43 Å². The zero-order valence-electron chi connectivity index (χ0n) is 15.0. The van der Waals surface area contributed by atoms with Gasteiger partial charge in [0.15, 0.2) is 17.2 Å². The van der Waals surface area contributed by atoms with E-state index in [-0.39, 0.29) is 5.75 Å². The van der Waals surface area contributed by atoms with Crippen LogP contribution in [0.1, 0.15) is 13.3 Å². The normalized spacial score (nSPS) is 10.7. The lowest BCUT2D eigenvalue weighted by Crippen LogP contribution is -2.07. The van der Waals surface area contributed by atoms with E-state index in [1.807, 2.05) is 25.1 Å².